The molecule has 0 spiro atoms. The number of piperidine rings is 1. The maximum atomic E-state index is 12.5. The smallest absolute Gasteiger partial charge is 0.254 e. The second-order valence-electron chi connectivity index (χ2n) is 5.21. The lowest BCUT2D eigenvalue weighted by Crippen LogP contribution is -2.47. The Morgan fingerprint density at radius 2 is 2.05 bits per heavy atom. The van der Waals surface area contributed by atoms with Gasteiger partial charge in [-0.05, 0) is 56.5 Å². The van der Waals surface area contributed by atoms with Crippen LogP contribution in [0.5, 0.6) is 5.75 Å². The van der Waals surface area contributed by atoms with Gasteiger partial charge in [0.05, 0.1) is 7.11 Å². The van der Waals surface area contributed by atoms with Gasteiger partial charge in [0.25, 0.3) is 5.91 Å². The number of hydrogen-bond acceptors (Lipinski definition) is 3. The average Bonchev–Trinajstić information content (AvgIpc) is 2.47. The molecule has 1 saturated heterocycles. The molecule has 1 aliphatic rings. The number of carbonyl (C=O) groups excluding carboxylic acids is 1. The van der Waals surface area contributed by atoms with Crippen LogP contribution in [0.1, 0.15) is 30.1 Å². The van der Waals surface area contributed by atoms with Gasteiger partial charge in [-0.15, -0.1) is 0 Å². The van der Waals surface area contributed by atoms with Gasteiger partial charge in [-0.1, -0.05) is 0 Å². The monoisotopic (exact) mass is 262 g/mol. The first-order valence-corrected chi connectivity index (χ1v) is 6.80. The van der Waals surface area contributed by atoms with Crippen LogP contribution in [0.2, 0.25) is 0 Å². The quantitative estimate of drug-likeness (QED) is 0.905. The molecule has 0 saturated carbocycles. The van der Waals surface area contributed by atoms with Gasteiger partial charge in [0.1, 0.15) is 5.75 Å². The Labute approximate surface area is 114 Å². The number of nitrogens with zero attached hydrogens (tertiary/aromatic N) is 1. The zero-order chi connectivity index (χ0) is 13.8. The highest BCUT2D eigenvalue weighted by Crippen LogP contribution is 2.23. The van der Waals surface area contributed by atoms with Crippen LogP contribution in [0.4, 0.5) is 0 Å². The maximum absolute atomic E-state index is 12.5. The molecule has 1 heterocycles. The summed E-state index contributed by atoms with van der Waals surface area (Å²) in [6, 6.07) is 7.57. The summed E-state index contributed by atoms with van der Waals surface area (Å²) in [5.41, 5.74) is 6.45. The number of amides is 1. The predicted molar refractivity (Wildman–Crippen MR) is 75.3 cm³/mol. The number of ether oxygens (including phenoxy) is 1. The van der Waals surface area contributed by atoms with Gasteiger partial charge < -0.3 is 15.4 Å². The van der Waals surface area contributed by atoms with E-state index in [0.29, 0.717) is 18.0 Å². The molecule has 1 fully saturated rings. The fourth-order valence-electron chi connectivity index (χ4n) is 2.56. The van der Waals surface area contributed by atoms with E-state index in [1.165, 1.54) is 0 Å². The molecule has 1 amide bonds. The first kappa shape index (κ1) is 13.9. The van der Waals surface area contributed by atoms with E-state index in [2.05, 4.69) is 6.92 Å². The summed E-state index contributed by atoms with van der Waals surface area (Å²) >= 11 is 0. The third-order valence-corrected chi connectivity index (χ3v) is 3.91. The first-order valence-electron chi connectivity index (χ1n) is 6.80. The van der Waals surface area contributed by atoms with Crippen LogP contribution in [0.3, 0.4) is 0 Å². The predicted octanol–water partition coefficient (Wildman–Crippen LogP) is 1.89. The molecule has 2 atom stereocenters. The lowest BCUT2D eigenvalue weighted by Gasteiger charge is -2.37. The maximum Gasteiger partial charge on any atom is 0.254 e. The van der Waals surface area contributed by atoms with E-state index in [0.717, 1.165) is 25.1 Å². The summed E-state index contributed by atoms with van der Waals surface area (Å²) in [5, 5.41) is 0. The number of likely N-dealkylation sites (tertiary alicyclic amines) is 1. The third-order valence-electron chi connectivity index (χ3n) is 3.91. The van der Waals surface area contributed by atoms with Crippen molar-refractivity contribution < 1.29 is 9.53 Å². The van der Waals surface area contributed by atoms with Crippen molar-refractivity contribution in [2.45, 2.75) is 25.8 Å². The number of carbonyl (C=O) groups is 1. The van der Waals surface area contributed by atoms with Gasteiger partial charge in [-0.25, -0.2) is 0 Å². The lowest BCUT2D eigenvalue weighted by atomic mass is 9.93. The van der Waals surface area contributed by atoms with E-state index in [9.17, 15) is 4.79 Å². The van der Waals surface area contributed by atoms with Crippen LogP contribution in [0.15, 0.2) is 24.3 Å². The zero-order valence-corrected chi connectivity index (χ0v) is 11.6. The average molecular weight is 262 g/mol. The standard InChI is InChI=1S/C15H22N2O2/c1-11-3-4-12(9-16)10-17(11)15(18)13-5-7-14(19-2)8-6-13/h5-8,11-12H,3-4,9-10,16H2,1-2H3. The van der Waals surface area contributed by atoms with Crippen LogP contribution >= 0.6 is 0 Å². The molecular weight excluding hydrogens is 240 g/mol. The number of methoxy groups -OCH3 is 1. The molecule has 4 heteroatoms. The molecule has 1 aromatic rings. The topological polar surface area (TPSA) is 55.6 Å². The molecule has 1 aromatic carbocycles. The second-order valence-corrected chi connectivity index (χ2v) is 5.21. The molecule has 2 rings (SSSR count). The van der Waals surface area contributed by atoms with E-state index in [1.54, 1.807) is 7.11 Å². The van der Waals surface area contributed by atoms with Crippen molar-refractivity contribution in [3.63, 3.8) is 0 Å². The third kappa shape index (κ3) is 3.07. The number of rotatable bonds is 3. The van der Waals surface area contributed by atoms with Crippen LogP contribution in [0.25, 0.3) is 0 Å². The van der Waals surface area contributed by atoms with Crippen molar-refractivity contribution in [1.82, 2.24) is 4.90 Å². The minimum Gasteiger partial charge on any atom is -0.497 e. The summed E-state index contributed by atoms with van der Waals surface area (Å²) < 4.78 is 5.11. The van der Waals surface area contributed by atoms with Gasteiger partial charge in [0, 0.05) is 18.2 Å². The normalized spacial score (nSPS) is 23.2. The highest BCUT2D eigenvalue weighted by molar-refractivity contribution is 5.94. The molecule has 1 aliphatic heterocycles. The number of benzene rings is 1. The number of hydrogen-bond donors (Lipinski definition) is 1. The molecule has 0 bridgehead atoms. The minimum absolute atomic E-state index is 0.0910. The van der Waals surface area contributed by atoms with Crippen LogP contribution < -0.4 is 10.5 Å². The Hall–Kier alpha value is -1.55. The number of nitrogens with two attached hydrogens (primary N) is 1. The summed E-state index contributed by atoms with van der Waals surface area (Å²) in [6.07, 6.45) is 2.15. The molecule has 0 aliphatic carbocycles. The summed E-state index contributed by atoms with van der Waals surface area (Å²) in [5.74, 6) is 1.29. The Bertz CT molecular complexity index is 430. The molecule has 4 nitrogen and oxygen atoms in total. The van der Waals surface area contributed by atoms with Gasteiger partial charge in [0.15, 0.2) is 0 Å². The zero-order valence-electron chi connectivity index (χ0n) is 11.6. The molecule has 2 N–H and O–H groups in total. The highest BCUT2D eigenvalue weighted by Gasteiger charge is 2.28. The highest BCUT2D eigenvalue weighted by atomic mass is 16.5. The van der Waals surface area contributed by atoms with Crippen molar-refractivity contribution in [2.24, 2.45) is 11.7 Å². The largest absolute Gasteiger partial charge is 0.497 e. The van der Waals surface area contributed by atoms with E-state index >= 15 is 0 Å². The van der Waals surface area contributed by atoms with Crippen molar-refractivity contribution in [3.05, 3.63) is 29.8 Å². The van der Waals surface area contributed by atoms with Gasteiger partial charge in [0.2, 0.25) is 0 Å². The fourth-order valence-corrected chi connectivity index (χ4v) is 2.56. The Balaban J connectivity index is 2.12. The summed E-state index contributed by atoms with van der Waals surface area (Å²) in [4.78, 5) is 14.5. The Morgan fingerprint density at radius 1 is 1.37 bits per heavy atom. The second kappa shape index (κ2) is 6.06. The lowest BCUT2D eigenvalue weighted by molar-refractivity contribution is 0.0567. The van der Waals surface area contributed by atoms with E-state index in [-0.39, 0.29) is 11.9 Å². The molecule has 0 aromatic heterocycles. The Kier molecular flexibility index (Phi) is 4.43. The van der Waals surface area contributed by atoms with Crippen LogP contribution in [-0.2, 0) is 0 Å². The molecule has 104 valence electrons. The Morgan fingerprint density at radius 3 is 2.63 bits per heavy atom. The van der Waals surface area contributed by atoms with E-state index in [4.69, 9.17) is 10.5 Å². The van der Waals surface area contributed by atoms with Crippen molar-refractivity contribution >= 4 is 5.91 Å². The van der Waals surface area contributed by atoms with Crippen molar-refractivity contribution in [2.75, 3.05) is 20.2 Å². The fraction of sp³-hybridized carbons (Fsp3) is 0.533. The van der Waals surface area contributed by atoms with Crippen LogP contribution in [0, 0.1) is 5.92 Å². The van der Waals surface area contributed by atoms with Gasteiger partial charge in [-0.3, -0.25) is 4.79 Å². The first-order chi connectivity index (χ1) is 9.15. The van der Waals surface area contributed by atoms with E-state index < -0.39 is 0 Å². The SMILES string of the molecule is COc1ccc(C(=O)N2CC(CN)CCC2C)cc1. The van der Waals surface area contributed by atoms with E-state index in [1.807, 2.05) is 29.2 Å². The summed E-state index contributed by atoms with van der Waals surface area (Å²) in [6.45, 7) is 3.52. The minimum atomic E-state index is 0.0910. The molecular formula is C15H22N2O2. The molecule has 2 unspecified atom stereocenters. The van der Waals surface area contributed by atoms with Crippen LogP contribution in [-0.4, -0.2) is 37.0 Å². The van der Waals surface area contributed by atoms with Crippen molar-refractivity contribution in [3.8, 4) is 5.75 Å². The summed E-state index contributed by atoms with van der Waals surface area (Å²) in [7, 11) is 1.62. The van der Waals surface area contributed by atoms with Crippen molar-refractivity contribution in [1.29, 1.82) is 0 Å². The van der Waals surface area contributed by atoms with Gasteiger partial charge >= 0.3 is 0 Å². The molecule has 19 heavy (non-hydrogen) atoms. The van der Waals surface area contributed by atoms with Gasteiger partial charge in [-0.2, -0.15) is 0 Å². The molecule has 0 radical (unpaired) electrons.